The third-order valence-electron chi connectivity index (χ3n) is 4.23. The summed E-state index contributed by atoms with van der Waals surface area (Å²) in [7, 11) is 3.48. The number of carbonyl (C=O) groups excluding carboxylic acids is 1. The Labute approximate surface area is 164 Å². The molecule has 0 aliphatic rings. The molecule has 1 heterocycles. The summed E-state index contributed by atoms with van der Waals surface area (Å²) in [5, 5.41) is 0.548. The zero-order chi connectivity index (χ0) is 19.2. The van der Waals surface area contributed by atoms with Crippen LogP contribution in [0.3, 0.4) is 0 Å². The molecule has 0 bridgehead atoms. The molecule has 0 spiro atoms. The van der Waals surface area contributed by atoms with E-state index >= 15 is 0 Å². The number of hydrogen-bond acceptors (Lipinski definition) is 4. The van der Waals surface area contributed by atoms with Crippen LogP contribution in [0.5, 0.6) is 5.75 Å². The molecule has 1 atom stereocenters. The smallest absolute Gasteiger partial charge is 0.235 e. The molecule has 0 saturated carbocycles. The van der Waals surface area contributed by atoms with E-state index in [1.807, 2.05) is 79.3 Å². The minimum Gasteiger partial charge on any atom is -0.497 e. The van der Waals surface area contributed by atoms with Crippen LogP contribution in [0.1, 0.15) is 12.5 Å². The molecule has 0 N–H and O–H groups in total. The Kier molecular flexibility index (Phi) is 6.19. The highest BCUT2D eigenvalue weighted by Gasteiger charge is 2.21. The molecule has 0 aliphatic heterocycles. The number of rotatable bonds is 7. The molecule has 5 nitrogen and oxygen atoms in total. The van der Waals surface area contributed by atoms with E-state index in [1.165, 1.54) is 11.8 Å². The van der Waals surface area contributed by atoms with E-state index in [4.69, 9.17) is 4.74 Å². The lowest BCUT2D eigenvalue weighted by molar-refractivity contribution is -0.129. The van der Waals surface area contributed by atoms with Gasteiger partial charge in [0.15, 0.2) is 5.16 Å². The van der Waals surface area contributed by atoms with Crippen LogP contribution in [-0.4, -0.2) is 39.8 Å². The summed E-state index contributed by atoms with van der Waals surface area (Å²) >= 11 is 1.46. The molecule has 3 aromatic rings. The van der Waals surface area contributed by atoms with Gasteiger partial charge in [0.25, 0.3) is 0 Å². The van der Waals surface area contributed by atoms with E-state index < -0.39 is 0 Å². The number of benzene rings is 2. The monoisotopic (exact) mass is 381 g/mol. The van der Waals surface area contributed by atoms with E-state index in [-0.39, 0.29) is 11.2 Å². The Morgan fingerprint density at radius 2 is 1.89 bits per heavy atom. The van der Waals surface area contributed by atoms with E-state index in [2.05, 4.69) is 4.98 Å². The average molecular weight is 382 g/mol. The number of ether oxygens (including phenoxy) is 1. The van der Waals surface area contributed by atoms with E-state index in [9.17, 15) is 4.79 Å². The van der Waals surface area contributed by atoms with Crippen molar-refractivity contribution < 1.29 is 9.53 Å². The molecule has 2 aromatic carbocycles. The Hall–Kier alpha value is -2.73. The number of thioether (sulfide) groups is 1. The molecule has 1 unspecified atom stereocenters. The fourth-order valence-electron chi connectivity index (χ4n) is 2.77. The molecule has 27 heavy (non-hydrogen) atoms. The zero-order valence-corrected chi connectivity index (χ0v) is 16.5. The van der Waals surface area contributed by atoms with Gasteiger partial charge in [0.1, 0.15) is 5.75 Å². The maximum Gasteiger partial charge on any atom is 0.235 e. The van der Waals surface area contributed by atoms with Crippen molar-refractivity contribution in [2.24, 2.45) is 0 Å². The average Bonchev–Trinajstić information content (AvgIpc) is 3.16. The predicted molar refractivity (Wildman–Crippen MR) is 108 cm³/mol. The lowest BCUT2D eigenvalue weighted by Crippen LogP contribution is -2.32. The zero-order valence-electron chi connectivity index (χ0n) is 15.7. The van der Waals surface area contributed by atoms with E-state index in [1.54, 1.807) is 18.2 Å². The van der Waals surface area contributed by atoms with Crippen molar-refractivity contribution in [1.82, 2.24) is 14.5 Å². The standard InChI is InChI=1S/C21H23N3O2S/c1-16(20(25)23(2)15-17-7-5-4-6-8-17)27-21-22-13-14-24(21)18-9-11-19(26-3)12-10-18/h4-14,16H,15H2,1-3H3. The summed E-state index contributed by atoms with van der Waals surface area (Å²) in [6, 6.07) is 17.8. The predicted octanol–water partition coefficient (Wildman–Crippen LogP) is 4.02. The van der Waals surface area contributed by atoms with Crippen LogP contribution in [0.25, 0.3) is 5.69 Å². The van der Waals surface area contributed by atoms with Gasteiger partial charge in [-0.15, -0.1) is 0 Å². The van der Waals surface area contributed by atoms with Crippen molar-refractivity contribution in [2.75, 3.05) is 14.2 Å². The molecule has 140 valence electrons. The van der Waals surface area contributed by atoms with Gasteiger partial charge in [0.05, 0.1) is 12.4 Å². The van der Waals surface area contributed by atoms with Crippen LogP contribution in [0, 0.1) is 0 Å². The van der Waals surface area contributed by atoms with Gasteiger partial charge in [-0.25, -0.2) is 4.98 Å². The SMILES string of the molecule is COc1ccc(-n2ccnc2SC(C)C(=O)N(C)Cc2ccccc2)cc1. The summed E-state index contributed by atoms with van der Waals surface area (Å²) in [5.74, 6) is 0.882. The van der Waals surface area contributed by atoms with Gasteiger partial charge in [0.2, 0.25) is 5.91 Å². The minimum absolute atomic E-state index is 0.0770. The van der Waals surface area contributed by atoms with Crippen molar-refractivity contribution in [3.63, 3.8) is 0 Å². The summed E-state index contributed by atoms with van der Waals surface area (Å²) in [6.45, 7) is 2.51. The van der Waals surface area contributed by atoms with Crippen LogP contribution >= 0.6 is 11.8 Å². The van der Waals surface area contributed by atoms with Gasteiger partial charge in [-0.2, -0.15) is 0 Å². The molecule has 1 aromatic heterocycles. The molecule has 6 heteroatoms. The first kappa shape index (κ1) is 19.0. The van der Waals surface area contributed by atoms with Crippen molar-refractivity contribution in [2.45, 2.75) is 23.9 Å². The lowest BCUT2D eigenvalue weighted by atomic mass is 10.2. The highest BCUT2D eigenvalue weighted by Crippen LogP contribution is 2.26. The van der Waals surface area contributed by atoms with Gasteiger partial charge in [-0.3, -0.25) is 9.36 Å². The molecule has 0 fully saturated rings. The second-order valence-electron chi connectivity index (χ2n) is 6.22. The second-order valence-corrected chi connectivity index (χ2v) is 7.53. The van der Waals surface area contributed by atoms with Crippen molar-refractivity contribution in [3.8, 4) is 11.4 Å². The molecular formula is C21H23N3O2S. The van der Waals surface area contributed by atoms with Gasteiger partial charge in [-0.05, 0) is 36.8 Å². The van der Waals surface area contributed by atoms with Crippen LogP contribution in [-0.2, 0) is 11.3 Å². The maximum absolute atomic E-state index is 12.8. The fraction of sp³-hybridized carbons (Fsp3) is 0.238. The first-order valence-corrected chi connectivity index (χ1v) is 9.60. The minimum atomic E-state index is -0.238. The van der Waals surface area contributed by atoms with Crippen LogP contribution < -0.4 is 4.74 Å². The Morgan fingerprint density at radius 1 is 1.19 bits per heavy atom. The Bertz CT molecular complexity index is 878. The Morgan fingerprint density at radius 3 is 2.56 bits per heavy atom. The van der Waals surface area contributed by atoms with Gasteiger partial charge < -0.3 is 9.64 Å². The van der Waals surface area contributed by atoms with Gasteiger partial charge >= 0.3 is 0 Å². The number of hydrogen-bond donors (Lipinski definition) is 0. The number of aromatic nitrogens is 2. The van der Waals surface area contributed by atoms with E-state index in [0.717, 1.165) is 22.2 Å². The summed E-state index contributed by atoms with van der Waals surface area (Å²) in [5.41, 5.74) is 2.10. The summed E-state index contributed by atoms with van der Waals surface area (Å²) < 4.78 is 7.18. The van der Waals surface area contributed by atoms with Crippen molar-refractivity contribution in [1.29, 1.82) is 0 Å². The van der Waals surface area contributed by atoms with Crippen molar-refractivity contribution >= 4 is 17.7 Å². The third kappa shape index (κ3) is 4.71. The summed E-state index contributed by atoms with van der Waals surface area (Å²) in [4.78, 5) is 18.9. The third-order valence-corrected chi connectivity index (χ3v) is 5.29. The van der Waals surface area contributed by atoms with Crippen molar-refractivity contribution in [3.05, 3.63) is 72.6 Å². The van der Waals surface area contributed by atoms with E-state index in [0.29, 0.717) is 6.54 Å². The molecular weight excluding hydrogens is 358 g/mol. The molecule has 1 amide bonds. The number of imidazole rings is 1. The number of carbonyl (C=O) groups is 1. The lowest BCUT2D eigenvalue weighted by Gasteiger charge is -2.21. The van der Waals surface area contributed by atoms with Crippen LogP contribution in [0.2, 0.25) is 0 Å². The van der Waals surface area contributed by atoms with Gasteiger partial charge in [0, 0.05) is 31.7 Å². The summed E-state index contributed by atoms with van der Waals surface area (Å²) in [6.07, 6.45) is 3.65. The first-order chi connectivity index (χ1) is 13.1. The Balaban J connectivity index is 1.68. The number of amides is 1. The molecule has 0 radical (unpaired) electrons. The maximum atomic E-state index is 12.8. The topological polar surface area (TPSA) is 47.4 Å². The highest BCUT2D eigenvalue weighted by molar-refractivity contribution is 8.00. The molecule has 3 rings (SSSR count). The quantitative estimate of drug-likeness (QED) is 0.580. The normalized spacial score (nSPS) is 11.8. The number of methoxy groups -OCH3 is 1. The molecule has 0 aliphatic carbocycles. The van der Waals surface area contributed by atoms with Crippen LogP contribution in [0.4, 0.5) is 0 Å². The largest absolute Gasteiger partial charge is 0.497 e. The number of nitrogens with zero attached hydrogens (tertiary/aromatic N) is 3. The van der Waals surface area contributed by atoms with Gasteiger partial charge in [-0.1, -0.05) is 42.1 Å². The first-order valence-electron chi connectivity index (χ1n) is 8.72. The highest BCUT2D eigenvalue weighted by atomic mass is 32.2. The second kappa shape index (κ2) is 8.77. The van der Waals surface area contributed by atoms with Crippen LogP contribution in [0.15, 0.2) is 72.1 Å². The fourth-order valence-corrected chi connectivity index (χ4v) is 3.77. The molecule has 0 saturated heterocycles.